The SMILES string of the molecule is C=CCCCCN(C)C(=O)C1CC(O)CC1C(N)=O. The number of aliphatic hydroxyl groups is 1. The highest BCUT2D eigenvalue weighted by atomic mass is 16.3. The minimum absolute atomic E-state index is 0.0843. The molecular weight excluding hydrogens is 244 g/mol. The zero-order chi connectivity index (χ0) is 14.4. The molecule has 1 aliphatic rings. The highest BCUT2D eigenvalue weighted by Crippen LogP contribution is 2.33. The second kappa shape index (κ2) is 7.28. The third-order valence-corrected chi connectivity index (χ3v) is 3.75. The molecule has 1 aliphatic carbocycles. The molecule has 0 spiro atoms. The quantitative estimate of drug-likeness (QED) is 0.526. The smallest absolute Gasteiger partial charge is 0.226 e. The fourth-order valence-electron chi connectivity index (χ4n) is 2.63. The first-order valence-corrected chi connectivity index (χ1v) is 6.80. The first-order chi connectivity index (χ1) is 8.97. The first kappa shape index (κ1) is 15.7. The minimum Gasteiger partial charge on any atom is -0.393 e. The molecule has 3 unspecified atom stereocenters. The van der Waals surface area contributed by atoms with E-state index in [2.05, 4.69) is 6.58 Å². The van der Waals surface area contributed by atoms with Gasteiger partial charge in [-0.05, 0) is 32.1 Å². The van der Waals surface area contributed by atoms with Crippen LogP contribution in [0.5, 0.6) is 0 Å². The third kappa shape index (κ3) is 4.35. The molecule has 0 aliphatic heterocycles. The van der Waals surface area contributed by atoms with Crippen molar-refractivity contribution in [1.29, 1.82) is 0 Å². The van der Waals surface area contributed by atoms with E-state index < -0.39 is 23.8 Å². The number of aliphatic hydroxyl groups excluding tert-OH is 1. The van der Waals surface area contributed by atoms with Crippen molar-refractivity contribution in [2.75, 3.05) is 13.6 Å². The van der Waals surface area contributed by atoms with Gasteiger partial charge in [-0.1, -0.05) is 6.08 Å². The Morgan fingerprint density at radius 3 is 2.58 bits per heavy atom. The van der Waals surface area contributed by atoms with E-state index in [1.807, 2.05) is 6.08 Å². The van der Waals surface area contributed by atoms with E-state index in [4.69, 9.17) is 5.73 Å². The molecular formula is C14H24N2O3. The van der Waals surface area contributed by atoms with Crippen molar-refractivity contribution >= 4 is 11.8 Å². The van der Waals surface area contributed by atoms with Crippen LogP contribution in [0.25, 0.3) is 0 Å². The second-order valence-corrected chi connectivity index (χ2v) is 5.28. The van der Waals surface area contributed by atoms with Crippen LogP contribution in [0.3, 0.4) is 0 Å². The summed E-state index contributed by atoms with van der Waals surface area (Å²) < 4.78 is 0. The van der Waals surface area contributed by atoms with Crippen LogP contribution in [0.2, 0.25) is 0 Å². The molecule has 0 saturated heterocycles. The Labute approximate surface area is 114 Å². The van der Waals surface area contributed by atoms with Gasteiger partial charge in [-0.25, -0.2) is 0 Å². The lowest BCUT2D eigenvalue weighted by Crippen LogP contribution is -2.39. The summed E-state index contributed by atoms with van der Waals surface area (Å²) >= 11 is 0. The number of hydrogen-bond acceptors (Lipinski definition) is 3. The highest BCUT2D eigenvalue weighted by Gasteiger charge is 2.42. The summed E-state index contributed by atoms with van der Waals surface area (Å²) in [5.41, 5.74) is 5.30. The first-order valence-electron chi connectivity index (χ1n) is 6.80. The topological polar surface area (TPSA) is 83.6 Å². The monoisotopic (exact) mass is 268 g/mol. The molecule has 1 saturated carbocycles. The highest BCUT2D eigenvalue weighted by molar-refractivity contribution is 5.87. The number of nitrogens with two attached hydrogens (primary N) is 1. The van der Waals surface area contributed by atoms with Gasteiger partial charge in [-0.15, -0.1) is 6.58 Å². The Bertz CT molecular complexity index is 344. The van der Waals surface area contributed by atoms with Crippen molar-refractivity contribution in [3.05, 3.63) is 12.7 Å². The average Bonchev–Trinajstić information content (AvgIpc) is 2.75. The van der Waals surface area contributed by atoms with E-state index >= 15 is 0 Å². The molecule has 0 aromatic rings. The number of unbranched alkanes of at least 4 members (excludes halogenated alkanes) is 2. The molecule has 0 aromatic carbocycles. The Hall–Kier alpha value is -1.36. The van der Waals surface area contributed by atoms with Gasteiger partial charge in [-0.3, -0.25) is 9.59 Å². The molecule has 0 bridgehead atoms. The number of hydrogen-bond donors (Lipinski definition) is 2. The maximum absolute atomic E-state index is 12.3. The number of carbonyl (C=O) groups is 2. The molecule has 1 rings (SSSR count). The van der Waals surface area contributed by atoms with Crippen LogP contribution in [0.15, 0.2) is 12.7 Å². The van der Waals surface area contributed by atoms with Gasteiger partial charge in [0.2, 0.25) is 11.8 Å². The molecule has 5 heteroatoms. The number of allylic oxidation sites excluding steroid dienone is 1. The third-order valence-electron chi connectivity index (χ3n) is 3.75. The zero-order valence-electron chi connectivity index (χ0n) is 11.5. The Balaban J connectivity index is 2.50. The predicted molar refractivity (Wildman–Crippen MR) is 73.1 cm³/mol. The molecule has 3 atom stereocenters. The van der Waals surface area contributed by atoms with E-state index in [1.54, 1.807) is 11.9 Å². The van der Waals surface area contributed by atoms with Crippen molar-refractivity contribution in [1.82, 2.24) is 4.90 Å². The van der Waals surface area contributed by atoms with Crippen LogP contribution in [0.1, 0.15) is 32.1 Å². The van der Waals surface area contributed by atoms with Crippen molar-refractivity contribution in [2.45, 2.75) is 38.2 Å². The number of primary amides is 1. The molecule has 1 fully saturated rings. The van der Waals surface area contributed by atoms with E-state index in [0.29, 0.717) is 19.4 Å². The molecule has 108 valence electrons. The van der Waals surface area contributed by atoms with Crippen LogP contribution >= 0.6 is 0 Å². The van der Waals surface area contributed by atoms with Crippen molar-refractivity contribution in [3.63, 3.8) is 0 Å². The number of rotatable bonds is 7. The maximum Gasteiger partial charge on any atom is 0.226 e. The van der Waals surface area contributed by atoms with Gasteiger partial charge in [0.1, 0.15) is 0 Å². The summed E-state index contributed by atoms with van der Waals surface area (Å²) in [6.07, 6.45) is 4.74. The van der Waals surface area contributed by atoms with Gasteiger partial charge in [0.05, 0.1) is 17.9 Å². The van der Waals surface area contributed by atoms with Gasteiger partial charge < -0.3 is 15.7 Å². The zero-order valence-corrected chi connectivity index (χ0v) is 11.5. The molecule has 19 heavy (non-hydrogen) atoms. The molecule has 3 N–H and O–H groups in total. The predicted octanol–water partition coefficient (Wildman–Crippen LogP) is 0.674. The van der Waals surface area contributed by atoms with Crippen molar-refractivity contribution in [2.24, 2.45) is 17.6 Å². The maximum atomic E-state index is 12.3. The van der Waals surface area contributed by atoms with Crippen LogP contribution in [0, 0.1) is 11.8 Å². The lowest BCUT2D eigenvalue weighted by molar-refractivity contribution is -0.139. The molecule has 0 heterocycles. The fourth-order valence-corrected chi connectivity index (χ4v) is 2.63. The lowest BCUT2D eigenvalue weighted by atomic mass is 9.94. The number of carbonyl (C=O) groups excluding carboxylic acids is 2. The number of nitrogens with zero attached hydrogens (tertiary/aromatic N) is 1. The Morgan fingerprint density at radius 1 is 1.37 bits per heavy atom. The largest absolute Gasteiger partial charge is 0.393 e. The summed E-state index contributed by atoms with van der Waals surface area (Å²) in [5, 5.41) is 9.61. The van der Waals surface area contributed by atoms with Crippen LogP contribution in [0.4, 0.5) is 0 Å². The summed E-state index contributed by atoms with van der Waals surface area (Å²) in [5.74, 6) is -1.57. The van der Waals surface area contributed by atoms with Gasteiger partial charge in [0.25, 0.3) is 0 Å². The molecule has 0 aromatic heterocycles. The summed E-state index contributed by atoms with van der Waals surface area (Å²) in [6.45, 7) is 4.31. The van der Waals surface area contributed by atoms with Gasteiger partial charge in [-0.2, -0.15) is 0 Å². The van der Waals surface area contributed by atoms with Crippen LogP contribution < -0.4 is 5.73 Å². The van der Waals surface area contributed by atoms with E-state index in [9.17, 15) is 14.7 Å². The Morgan fingerprint density at radius 2 is 2.00 bits per heavy atom. The van der Waals surface area contributed by atoms with Crippen LogP contribution in [-0.4, -0.2) is 41.5 Å². The molecule has 5 nitrogen and oxygen atoms in total. The normalized spacial score (nSPS) is 26.1. The van der Waals surface area contributed by atoms with E-state index in [-0.39, 0.29) is 5.91 Å². The van der Waals surface area contributed by atoms with Crippen molar-refractivity contribution < 1.29 is 14.7 Å². The van der Waals surface area contributed by atoms with Gasteiger partial charge in [0.15, 0.2) is 0 Å². The summed E-state index contributed by atoms with van der Waals surface area (Å²) in [6, 6.07) is 0. The van der Waals surface area contributed by atoms with Gasteiger partial charge in [0, 0.05) is 13.6 Å². The summed E-state index contributed by atoms with van der Waals surface area (Å²) in [4.78, 5) is 25.2. The average molecular weight is 268 g/mol. The van der Waals surface area contributed by atoms with E-state index in [1.165, 1.54) is 0 Å². The van der Waals surface area contributed by atoms with E-state index in [0.717, 1.165) is 19.3 Å². The van der Waals surface area contributed by atoms with Gasteiger partial charge >= 0.3 is 0 Å². The van der Waals surface area contributed by atoms with Crippen molar-refractivity contribution in [3.8, 4) is 0 Å². The lowest BCUT2D eigenvalue weighted by Gasteiger charge is -2.23. The second-order valence-electron chi connectivity index (χ2n) is 5.28. The van der Waals surface area contributed by atoms with Crippen LogP contribution in [-0.2, 0) is 9.59 Å². The standard InChI is InChI=1S/C14H24N2O3/c1-3-4-5-6-7-16(2)14(19)12-9-10(17)8-11(12)13(15)18/h3,10-12,17H,1,4-9H2,2H3,(H2,15,18). The molecule has 0 radical (unpaired) electrons. The fraction of sp³-hybridized carbons (Fsp3) is 0.714. The summed E-state index contributed by atoms with van der Waals surface area (Å²) in [7, 11) is 1.74. The number of amides is 2. The molecule has 2 amide bonds. The Kier molecular flexibility index (Phi) is 6.02. The minimum atomic E-state index is -0.597.